The molecule has 0 radical (unpaired) electrons. The van der Waals surface area contributed by atoms with Gasteiger partial charge in [-0.15, -0.1) is 0 Å². The minimum absolute atomic E-state index is 0.0839. The lowest BCUT2D eigenvalue weighted by Crippen LogP contribution is -2.54. The summed E-state index contributed by atoms with van der Waals surface area (Å²) in [5, 5.41) is 10.2. The first kappa shape index (κ1) is 10.6. The number of nitrogens with one attached hydrogen (secondary N) is 2. The first-order chi connectivity index (χ1) is 7.21. The number of anilines is 1. The van der Waals surface area contributed by atoms with Crippen molar-refractivity contribution in [1.82, 2.24) is 5.32 Å². The van der Waals surface area contributed by atoms with Gasteiger partial charge in [-0.2, -0.15) is 11.3 Å². The van der Waals surface area contributed by atoms with Crippen LogP contribution in [0.4, 0.5) is 5.69 Å². The van der Waals surface area contributed by atoms with Gasteiger partial charge in [0.15, 0.2) is 0 Å². The molecule has 0 aromatic carbocycles. The second kappa shape index (κ2) is 4.33. The highest BCUT2D eigenvalue weighted by Crippen LogP contribution is 2.21. The Kier molecular flexibility index (Phi) is 3.07. The average molecular weight is 224 g/mol. The Bertz CT molecular complexity index is 328. The highest BCUT2D eigenvalue weighted by molar-refractivity contribution is 7.08. The Morgan fingerprint density at radius 2 is 2.47 bits per heavy atom. The van der Waals surface area contributed by atoms with E-state index in [1.54, 1.807) is 11.3 Å². The Balaban J connectivity index is 2.00. The van der Waals surface area contributed by atoms with E-state index < -0.39 is 0 Å². The molecule has 1 aromatic rings. The van der Waals surface area contributed by atoms with E-state index in [2.05, 4.69) is 10.6 Å². The Morgan fingerprint density at radius 3 is 3.07 bits per heavy atom. The quantitative estimate of drug-likeness (QED) is 0.808. The van der Waals surface area contributed by atoms with Gasteiger partial charge in [0, 0.05) is 5.38 Å². The molecule has 2 N–H and O–H groups in total. The molecular weight excluding hydrogens is 208 g/mol. The van der Waals surface area contributed by atoms with Crippen LogP contribution in [-0.2, 0) is 4.79 Å². The first-order valence-electron chi connectivity index (χ1n) is 5.29. The maximum Gasteiger partial charge on any atom is 0.244 e. The predicted octanol–water partition coefficient (Wildman–Crippen LogP) is 2.22. The lowest BCUT2D eigenvalue weighted by Gasteiger charge is -2.33. The largest absolute Gasteiger partial charge is 0.324 e. The summed E-state index contributed by atoms with van der Waals surface area (Å²) >= 11 is 1.59. The van der Waals surface area contributed by atoms with E-state index in [-0.39, 0.29) is 11.4 Å². The summed E-state index contributed by atoms with van der Waals surface area (Å²) in [6.45, 7) is 2.92. The molecule has 1 atom stereocenters. The van der Waals surface area contributed by atoms with Gasteiger partial charge in [0.1, 0.15) is 0 Å². The number of hydrogen-bond donors (Lipinski definition) is 2. The zero-order valence-electron chi connectivity index (χ0n) is 8.88. The molecule has 2 rings (SSSR count). The number of rotatable bonds is 2. The molecule has 0 spiro atoms. The highest BCUT2D eigenvalue weighted by Gasteiger charge is 2.34. The number of piperidine rings is 1. The third kappa shape index (κ3) is 2.38. The lowest BCUT2D eigenvalue weighted by molar-refractivity contribution is -0.122. The Morgan fingerprint density at radius 1 is 1.60 bits per heavy atom. The fraction of sp³-hybridized carbons (Fsp3) is 0.545. The first-order valence-corrected chi connectivity index (χ1v) is 6.24. The Labute approximate surface area is 93.9 Å². The fourth-order valence-electron chi connectivity index (χ4n) is 1.85. The molecule has 2 heterocycles. The van der Waals surface area contributed by atoms with Crippen LogP contribution in [0, 0.1) is 0 Å². The zero-order chi connectivity index (χ0) is 10.7. The standard InChI is InChI=1S/C11H16N2OS/c1-11(5-2-3-6-12-11)10(14)13-9-4-7-15-8-9/h4,7-8,12H,2-3,5-6H2,1H3,(H,13,14). The number of hydrogen-bond acceptors (Lipinski definition) is 3. The molecule has 1 amide bonds. The van der Waals surface area contributed by atoms with E-state index in [1.165, 1.54) is 6.42 Å². The van der Waals surface area contributed by atoms with Gasteiger partial charge in [0.05, 0.1) is 11.2 Å². The number of amides is 1. The van der Waals surface area contributed by atoms with Gasteiger partial charge in [0.25, 0.3) is 0 Å². The third-order valence-electron chi connectivity index (χ3n) is 2.90. The summed E-state index contributed by atoms with van der Waals surface area (Å²) in [6, 6.07) is 1.93. The summed E-state index contributed by atoms with van der Waals surface area (Å²) < 4.78 is 0. The van der Waals surface area contributed by atoms with Gasteiger partial charge < -0.3 is 10.6 Å². The number of carbonyl (C=O) groups is 1. The van der Waals surface area contributed by atoms with Crippen molar-refractivity contribution in [3.8, 4) is 0 Å². The normalized spacial score (nSPS) is 26.2. The van der Waals surface area contributed by atoms with Crippen molar-refractivity contribution in [2.45, 2.75) is 31.7 Å². The predicted molar refractivity (Wildman–Crippen MR) is 63.2 cm³/mol. The van der Waals surface area contributed by atoms with Crippen molar-refractivity contribution >= 4 is 22.9 Å². The highest BCUT2D eigenvalue weighted by atomic mass is 32.1. The van der Waals surface area contributed by atoms with E-state index >= 15 is 0 Å². The number of thiophene rings is 1. The zero-order valence-corrected chi connectivity index (χ0v) is 9.69. The summed E-state index contributed by atoms with van der Waals surface area (Å²) in [6.07, 6.45) is 3.21. The molecule has 1 unspecified atom stereocenters. The lowest BCUT2D eigenvalue weighted by atomic mass is 9.90. The minimum Gasteiger partial charge on any atom is -0.324 e. The molecular formula is C11H16N2OS. The van der Waals surface area contributed by atoms with E-state index in [0.29, 0.717) is 0 Å². The molecule has 1 saturated heterocycles. The smallest absolute Gasteiger partial charge is 0.244 e. The molecule has 1 aliphatic rings. The van der Waals surface area contributed by atoms with E-state index in [9.17, 15) is 4.79 Å². The molecule has 3 nitrogen and oxygen atoms in total. The molecule has 15 heavy (non-hydrogen) atoms. The monoisotopic (exact) mass is 224 g/mol. The summed E-state index contributed by atoms with van der Waals surface area (Å²) in [7, 11) is 0. The second-order valence-electron chi connectivity index (χ2n) is 4.18. The Hall–Kier alpha value is -0.870. The van der Waals surface area contributed by atoms with Crippen LogP contribution in [0.2, 0.25) is 0 Å². The molecule has 0 saturated carbocycles. The minimum atomic E-state index is -0.389. The number of carbonyl (C=O) groups excluding carboxylic acids is 1. The van der Waals surface area contributed by atoms with Crippen molar-refractivity contribution < 1.29 is 4.79 Å². The topological polar surface area (TPSA) is 41.1 Å². The average Bonchev–Trinajstić information content (AvgIpc) is 2.71. The summed E-state index contributed by atoms with van der Waals surface area (Å²) in [4.78, 5) is 12.0. The van der Waals surface area contributed by atoms with Crippen LogP contribution in [0.25, 0.3) is 0 Å². The van der Waals surface area contributed by atoms with E-state index in [1.807, 2.05) is 23.8 Å². The van der Waals surface area contributed by atoms with E-state index in [0.717, 1.165) is 25.1 Å². The van der Waals surface area contributed by atoms with Crippen LogP contribution < -0.4 is 10.6 Å². The fourth-order valence-corrected chi connectivity index (χ4v) is 2.44. The van der Waals surface area contributed by atoms with Gasteiger partial charge >= 0.3 is 0 Å². The van der Waals surface area contributed by atoms with Crippen LogP contribution in [0.5, 0.6) is 0 Å². The maximum atomic E-state index is 12.0. The van der Waals surface area contributed by atoms with Crippen LogP contribution in [0.1, 0.15) is 26.2 Å². The van der Waals surface area contributed by atoms with E-state index in [4.69, 9.17) is 0 Å². The van der Waals surface area contributed by atoms with Crippen LogP contribution in [-0.4, -0.2) is 18.0 Å². The van der Waals surface area contributed by atoms with Crippen molar-refractivity contribution in [3.05, 3.63) is 16.8 Å². The molecule has 1 aromatic heterocycles. The molecule has 1 aliphatic heterocycles. The van der Waals surface area contributed by atoms with Crippen molar-refractivity contribution in [2.24, 2.45) is 0 Å². The molecule has 1 fully saturated rings. The summed E-state index contributed by atoms with van der Waals surface area (Å²) in [5.41, 5.74) is 0.513. The maximum absolute atomic E-state index is 12.0. The van der Waals surface area contributed by atoms with Gasteiger partial charge in [0.2, 0.25) is 5.91 Å². The van der Waals surface area contributed by atoms with Crippen molar-refractivity contribution in [2.75, 3.05) is 11.9 Å². The second-order valence-corrected chi connectivity index (χ2v) is 4.96. The van der Waals surface area contributed by atoms with Gasteiger partial charge in [-0.25, -0.2) is 0 Å². The molecule has 82 valence electrons. The SMILES string of the molecule is CC1(C(=O)Nc2ccsc2)CCCCN1. The molecule has 4 heteroatoms. The molecule has 0 aliphatic carbocycles. The van der Waals surface area contributed by atoms with Gasteiger partial charge in [-0.1, -0.05) is 0 Å². The summed E-state index contributed by atoms with van der Waals surface area (Å²) in [5.74, 6) is 0.0839. The van der Waals surface area contributed by atoms with Gasteiger partial charge in [-0.05, 0) is 44.2 Å². The third-order valence-corrected chi connectivity index (χ3v) is 3.58. The van der Waals surface area contributed by atoms with Crippen LogP contribution >= 0.6 is 11.3 Å². The molecule has 0 bridgehead atoms. The van der Waals surface area contributed by atoms with Crippen LogP contribution in [0.3, 0.4) is 0 Å². The van der Waals surface area contributed by atoms with Crippen molar-refractivity contribution in [1.29, 1.82) is 0 Å². The van der Waals surface area contributed by atoms with Gasteiger partial charge in [-0.3, -0.25) is 4.79 Å². The van der Waals surface area contributed by atoms with Crippen LogP contribution in [0.15, 0.2) is 16.8 Å². The van der Waals surface area contributed by atoms with Crippen molar-refractivity contribution in [3.63, 3.8) is 0 Å².